The molecular formula is C11H18O4. The molecule has 2 atom stereocenters. The molecule has 0 saturated carbocycles. The summed E-state index contributed by atoms with van der Waals surface area (Å²) in [5.74, 6) is -0.959. The zero-order chi connectivity index (χ0) is 12.0. The molecule has 4 heteroatoms. The Morgan fingerprint density at radius 3 is 2.13 bits per heavy atom. The highest BCUT2D eigenvalue weighted by Crippen LogP contribution is 2.20. The Morgan fingerprint density at radius 1 is 1.20 bits per heavy atom. The minimum atomic E-state index is -0.432. The molecule has 0 saturated heterocycles. The van der Waals surface area contributed by atoms with Crippen molar-refractivity contribution >= 4 is 11.9 Å². The molecule has 0 aliphatic heterocycles. The molecule has 0 heterocycles. The monoisotopic (exact) mass is 214 g/mol. The summed E-state index contributed by atoms with van der Waals surface area (Å²) in [6.45, 7) is 7.24. The molecule has 0 aromatic rings. The van der Waals surface area contributed by atoms with E-state index in [9.17, 15) is 9.59 Å². The second kappa shape index (κ2) is 6.22. The van der Waals surface area contributed by atoms with E-state index < -0.39 is 5.97 Å². The molecule has 0 fully saturated rings. The van der Waals surface area contributed by atoms with Gasteiger partial charge in [-0.1, -0.05) is 20.4 Å². The summed E-state index contributed by atoms with van der Waals surface area (Å²) in [6.07, 6.45) is 0.433. The third-order valence-corrected chi connectivity index (χ3v) is 2.47. The van der Waals surface area contributed by atoms with Gasteiger partial charge in [-0.3, -0.25) is 4.79 Å². The smallest absolute Gasteiger partial charge is 0.333 e. The lowest BCUT2D eigenvalue weighted by molar-refractivity contribution is -0.146. The van der Waals surface area contributed by atoms with Crippen molar-refractivity contribution in [3.63, 3.8) is 0 Å². The van der Waals surface area contributed by atoms with E-state index in [2.05, 4.69) is 16.1 Å². The van der Waals surface area contributed by atoms with Crippen molar-refractivity contribution in [2.24, 2.45) is 11.8 Å². The van der Waals surface area contributed by atoms with Gasteiger partial charge >= 0.3 is 11.9 Å². The number of hydrogen-bond donors (Lipinski definition) is 0. The highest BCUT2D eigenvalue weighted by molar-refractivity contribution is 5.87. The molecule has 0 aliphatic carbocycles. The van der Waals surface area contributed by atoms with E-state index in [1.807, 2.05) is 6.92 Å². The van der Waals surface area contributed by atoms with Crippen LogP contribution in [0.1, 0.15) is 20.3 Å². The normalized spacial score (nSPS) is 13.9. The van der Waals surface area contributed by atoms with Crippen LogP contribution in [0.15, 0.2) is 12.2 Å². The Balaban J connectivity index is 4.24. The maximum atomic E-state index is 11.2. The van der Waals surface area contributed by atoms with Gasteiger partial charge in [0, 0.05) is 5.57 Å². The zero-order valence-corrected chi connectivity index (χ0v) is 9.70. The van der Waals surface area contributed by atoms with Gasteiger partial charge in [-0.05, 0) is 12.3 Å². The lowest BCUT2D eigenvalue weighted by Crippen LogP contribution is -2.21. The molecular weight excluding hydrogens is 196 g/mol. The Hall–Kier alpha value is -1.32. The van der Waals surface area contributed by atoms with E-state index >= 15 is 0 Å². The van der Waals surface area contributed by atoms with Crippen LogP contribution in [-0.2, 0) is 19.1 Å². The number of ether oxygens (including phenoxy) is 2. The summed E-state index contributed by atoms with van der Waals surface area (Å²) in [7, 11) is 2.66. The summed E-state index contributed by atoms with van der Waals surface area (Å²) >= 11 is 0. The average molecular weight is 214 g/mol. The van der Waals surface area contributed by atoms with Gasteiger partial charge in [-0.2, -0.15) is 0 Å². The topological polar surface area (TPSA) is 52.6 Å². The molecule has 0 amide bonds. The van der Waals surface area contributed by atoms with E-state index in [1.54, 1.807) is 6.92 Å². The third-order valence-electron chi connectivity index (χ3n) is 2.47. The van der Waals surface area contributed by atoms with Crippen molar-refractivity contribution in [1.29, 1.82) is 0 Å². The van der Waals surface area contributed by atoms with Crippen LogP contribution in [-0.4, -0.2) is 26.2 Å². The van der Waals surface area contributed by atoms with Gasteiger partial charge in [0.2, 0.25) is 0 Å². The minimum absolute atomic E-state index is 0.00375. The number of methoxy groups -OCH3 is 2. The summed E-state index contributed by atoms with van der Waals surface area (Å²) in [6, 6.07) is 0. The number of rotatable bonds is 5. The first-order valence-corrected chi connectivity index (χ1v) is 4.78. The van der Waals surface area contributed by atoms with Crippen molar-refractivity contribution in [3.8, 4) is 0 Å². The molecule has 0 rings (SSSR count). The molecule has 86 valence electrons. The Morgan fingerprint density at radius 2 is 1.73 bits per heavy atom. The highest BCUT2D eigenvalue weighted by Gasteiger charge is 2.23. The van der Waals surface area contributed by atoms with Gasteiger partial charge in [-0.25, -0.2) is 4.79 Å². The van der Waals surface area contributed by atoms with Crippen LogP contribution < -0.4 is 0 Å². The first-order valence-electron chi connectivity index (χ1n) is 4.78. The standard InChI is InChI=1S/C11H18O4/c1-7(9(3)11(13)15-5)6-8(2)10(12)14-4/h7,9H,2,6H2,1,3-5H3. The molecule has 0 aromatic heterocycles. The molecule has 0 radical (unpaired) electrons. The maximum absolute atomic E-state index is 11.2. The van der Waals surface area contributed by atoms with Crippen LogP contribution in [0, 0.1) is 11.8 Å². The van der Waals surface area contributed by atoms with E-state index in [1.165, 1.54) is 14.2 Å². The minimum Gasteiger partial charge on any atom is -0.469 e. The first-order chi connectivity index (χ1) is 6.93. The lowest BCUT2D eigenvalue weighted by Gasteiger charge is -2.17. The second-order valence-electron chi connectivity index (χ2n) is 3.59. The summed E-state index contributed by atoms with van der Waals surface area (Å²) in [5, 5.41) is 0. The van der Waals surface area contributed by atoms with Crippen molar-refractivity contribution in [3.05, 3.63) is 12.2 Å². The van der Waals surface area contributed by atoms with Crippen LogP contribution in [0.5, 0.6) is 0 Å². The van der Waals surface area contributed by atoms with E-state index in [0.29, 0.717) is 12.0 Å². The number of hydrogen-bond acceptors (Lipinski definition) is 4. The Bertz CT molecular complexity index is 257. The fourth-order valence-electron chi connectivity index (χ4n) is 1.21. The average Bonchev–Trinajstić information content (AvgIpc) is 2.25. The van der Waals surface area contributed by atoms with Crippen LogP contribution >= 0.6 is 0 Å². The number of carbonyl (C=O) groups is 2. The molecule has 0 bridgehead atoms. The van der Waals surface area contributed by atoms with Gasteiger partial charge in [-0.15, -0.1) is 0 Å². The fourth-order valence-corrected chi connectivity index (χ4v) is 1.21. The highest BCUT2D eigenvalue weighted by atomic mass is 16.5. The molecule has 0 N–H and O–H groups in total. The maximum Gasteiger partial charge on any atom is 0.333 e. The summed E-state index contributed by atoms with van der Waals surface area (Å²) in [4.78, 5) is 22.3. The molecule has 15 heavy (non-hydrogen) atoms. The van der Waals surface area contributed by atoms with Crippen molar-refractivity contribution in [2.75, 3.05) is 14.2 Å². The van der Waals surface area contributed by atoms with Crippen LogP contribution in [0.4, 0.5) is 0 Å². The van der Waals surface area contributed by atoms with Crippen molar-refractivity contribution < 1.29 is 19.1 Å². The van der Waals surface area contributed by atoms with Gasteiger partial charge < -0.3 is 9.47 Å². The summed E-state index contributed by atoms with van der Waals surface area (Å²) < 4.78 is 9.14. The number of esters is 2. The van der Waals surface area contributed by atoms with Crippen LogP contribution in [0.2, 0.25) is 0 Å². The van der Waals surface area contributed by atoms with Crippen molar-refractivity contribution in [1.82, 2.24) is 0 Å². The molecule has 0 aromatic carbocycles. The molecule has 2 unspecified atom stereocenters. The molecule has 0 spiro atoms. The molecule has 4 nitrogen and oxygen atoms in total. The quantitative estimate of drug-likeness (QED) is 0.514. The first kappa shape index (κ1) is 13.7. The van der Waals surface area contributed by atoms with Gasteiger partial charge in [0.25, 0.3) is 0 Å². The van der Waals surface area contributed by atoms with Crippen molar-refractivity contribution in [2.45, 2.75) is 20.3 Å². The van der Waals surface area contributed by atoms with E-state index in [0.717, 1.165) is 0 Å². The Kier molecular flexibility index (Phi) is 5.67. The van der Waals surface area contributed by atoms with E-state index in [4.69, 9.17) is 0 Å². The van der Waals surface area contributed by atoms with Crippen LogP contribution in [0.3, 0.4) is 0 Å². The van der Waals surface area contributed by atoms with Gasteiger partial charge in [0.15, 0.2) is 0 Å². The fraction of sp³-hybridized carbons (Fsp3) is 0.636. The predicted molar refractivity (Wildman–Crippen MR) is 56.1 cm³/mol. The van der Waals surface area contributed by atoms with Gasteiger partial charge in [0.1, 0.15) is 0 Å². The third kappa shape index (κ3) is 4.14. The summed E-state index contributed by atoms with van der Waals surface area (Å²) in [5.41, 5.74) is 0.376. The molecule has 0 aliphatic rings. The predicted octanol–water partition coefficient (Wildman–Crippen LogP) is 1.55. The van der Waals surface area contributed by atoms with E-state index in [-0.39, 0.29) is 17.8 Å². The zero-order valence-electron chi connectivity index (χ0n) is 9.70. The second-order valence-corrected chi connectivity index (χ2v) is 3.59. The van der Waals surface area contributed by atoms with Gasteiger partial charge in [0.05, 0.1) is 20.1 Å². The largest absolute Gasteiger partial charge is 0.469 e. The van der Waals surface area contributed by atoms with Crippen LogP contribution in [0.25, 0.3) is 0 Å². The SMILES string of the molecule is C=C(CC(C)C(C)C(=O)OC)C(=O)OC. The Labute approximate surface area is 90.2 Å². The lowest BCUT2D eigenvalue weighted by atomic mass is 9.90. The number of carbonyl (C=O) groups excluding carboxylic acids is 2.